The van der Waals surface area contributed by atoms with Crippen LogP contribution in [0.2, 0.25) is 5.02 Å². The molecule has 0 saturated heterocycles. The van der Waals surface area contributed by atoms with E-state index in [0.29, 0.717) is 0 Å². The molecule has 0 unspecified atom stereocenters. The summed E-state index contributed by atoms with van der Waals surface area (Å²) in [5.74, 6) is 0. The summed E-state index contributed by atoms with van der Waals surface area (Å²) >= 11 is 6.29. The third-order valence-electron chi connectivity index (χ3n) is 3.26. The SMILES string of the molecule is CNCc1ccc(-c2ccc(C)c(C)c2)cc1Cl. The fourth-order valence-electron chi connectivity index (χ4n) is 1.98. The Labute approximate surface area is 114 Å². The van der Waals surface area contributed by atoms with E-state index in [9.17, 15) is 0 Å². The number of hydrogen-bond acceptors (Lipinski definition) is 1. The fraction of sp³-hybridized carbons (Fsp3) is 0.250. The highest BCUT2D eigenvalue weighted by molar-refractivity contribution is 6.31. The van der Waals surface area contributed by atoms with Gasteiger partial charge in [0, 0.05) is 11.6 Å². The van der Waals surface area contributed by atoms with Crippen molar-refractivity contribution < 1.29 is 0 Å². The van der Waals surface area contributed by atoms with Crippen molar-refractivity contribution in [3.05, 3.63) is 58.1 Å². The number of hydrogen-bond donors (Lipinski definition) is 1. The Morgan fingerprint density at radius 2 is 1.61 bits per heavy atom. The van der Waals surface area contributed by atoms with Crippen LogP contribution in [0.15, 0.2) is 36.4 Å². The van der Waals surface area contributed by atoms with Gasteiger partial charge in [0.25, 0.3) is 0 Å². The predicted molar refractivity (Wildman–Crippen MR) is 79.1 cm³/mol. The molecule has 0 fully saturated rings. The van der Waals surface area contributed by atoms with E-state index in [1.54, 1.807) is 0 Å². The minimum Gasteiger partial charge on any atom is -0.316 e. The number of benzene rings is 2. The van der Waals surface area contributed by atoms with E-state index in [4.69, 9.17) is 11.6 Å². The first-order valence-electron chi connectivity index (χ1n) is 6.12. The second-order valence-corrected chi connectivity index (χ2v) is 5.04. The Hall–Kier alpha value is -1.31. The number of halogens is 1. The molecule has 94 valence electrons. The lowest BCUT2D eigenvalue weighted by molar-refractivity contribution is 0.818. The van der Waals surface area contributed by atoms with E-state index in [1.807, 2.05) is 13.1 Å². The van der Waals surface area contributed by atoms with Gasteiger partial charge in [-0.2, -0.15) is 0 Å². The minimum absolute atomic E-state index is 0.798. The molecule has 1 N–H and O–H groups in total. The molecule has 0 aliphatic rings. The molecule has 0 aromatic heterocycles. The van der Waals surface area contributed by atoms with Gasteiger partial charge in [-0.15, -0.1) is 0 Å². The van der Waals surface area contributed by atoms with Crippen LogP contribution in [0.25, 0.3) is 11.1 Å². The van der Waals surface area contributed by atoms with Gasteiger partial charge < -0.3 is 5.32 Å². The summed E-state index contributed by atoms with van der Waals surface area (Å²) < 4.78 is 0. The first kappa shape index (κ1) is 13.1. The Bertz CT molecular complexity index is 561. The van der Waals surface area contributed by atoms with Crippen molar-refractivity contribution in [1.82, 2.24) is 5.32 Å². The Morgan fingerprint density at radius 1 is 0.944 bits per heavy atom. The second kappa shape index (κ2) is 5.55. The molecule has 0 spiro atoms. The maximum Gasteiger partial charge on any atom is 0.0457 e. The van der Waals surface area contributed by atoms with Gasteiger partial charge in [-0.1, -0.05) is 41.9 Å². The molecule has 2 rings (SSSR count). The van der Waals surface area contributed by atoms with Gasteiger partial charge in [-0.05, 0) is 54.8 Å². The van der Waals surface area contributed by atoms with Crippen molar-refractivity contribution in [3.63, 3.8) is 0 Å². The lowest BCUT2D eigenvalue weighted by Crippen LogP contribution is -2.05. The maximum absolute atomic E-state index is 6.29. The van der Waals surface area contributed by atoms with E-state index >= 15 is 0 Å². The molecule has 0 aliphatic carbocycles. The van der Waals surface area contributed by atoms with Gasteiger partial charge in [0.2, 0.25) is 0 Å². The van der Waals surface area contributed by atoms with Crippen LogP contribution in [0.5, 0.6) is 0 Å². The van der Waals surface area contributed by atoms with Crippen LogP contribution in [0.4, 0.5) is 0 Å². The molecule has 2 heteroatoms. The first-order valence-corrected chi connectivity index (χ1v) is 6.50. The summed E-state index contributed by atoms with van der Waals surface area (Å²) in [6.07, 6.45) is 0. The molecule has 2 aromatic carbocycles. The van der Waals surface area contributed by atoms with Gasteiger partial charge in [-0.3, -0.25) is 0 Å². The van der Waals surface area contributed by atoms with Crippen LogP contribution >= 0.6 is 11.6 Å². The largest absolute Gasteiger partial charge is 0.316 e. The van der Waals surface area contributed by atoms with E-state index in [-0.39, 0.29) is 0 Å². The third kappa shape index (κ3) is 2.74. The molecule has 18 heavy (non-hydrogen) atoms. The molecule has 0 heterocycles. The fourth-order valence-corrected chi connectivity index (χ4v) is 2.23. The Morgan fingerprint density at radius 3 is 2.22 bits per heavy atom. The standard InChI is InChI=1S/C16H18ClN/c1-11-4-5-13(8-12(11)2)14-6-7-15(10-18-3)16(17)9-14/h4-9,18H,10H2,1-3H3. The van der Waals surface area contributed by atoms with Gasteiger partial charge in [-0.25, -0.2) is 0 Å². The van der Waals surface area contributed by atoms with E-state index in [2.05, 4.69) is 49.5 Å². The lowest BCUT2D eigenvalue weighted by atomic mass is 9.99. The van der Waals surface area contributed by atoms with Crippen molar-refractivity contribution in [2.24, 2.45) is 0 Å². The summed E-state index contributed by atoms with van der Waals surface area (Å²) in [4.78, 5) is 0. The van der Waals surface area contributed by atoms with Gasteiger partial charge in [0.15, 0.2) is 0 Å². The normalized spacial score (nSPS) is 10.7. The zero-order valence-corrected chi connectivity index (χ0v) is 11.8. The summed E-state index contributed by atoms with van der Waals surface area (Å²) in [5.41, 5.74) is 6.14. The average Bonchev–Trinajstić information content (AvgIpc) is 2.35. The van der Waals surface area contributed by atoms with E-state index in [1.165, 1.54) is 22.3 Å². The highest BCUT2D eigenvalue weighted by atomic mass is 35.5. The zero-order chi connectivity index (χ0) is 13.1. The van der Waals surface area contributed by atoms with Crippen LogP contribution < -0.4 is 5.32 Å². The van der Waals surface area contributed by atoms with E-state index in [0.717, 1.165) is 17.1 Å². The van der Waals surface area contributed by atoms with Crippen molar-refractivity contribution in [2.45, 2.75) is 20.4 Å². The monoisotopic (exact) mass is 259 g/mol. The smallest absolute Gasteiger partial charge is 0.0457 e. The lowest BCUT2D eigenvalue weighted by Gasteiger charge is -2.09. The predicted octanol–water partition coefficient (Wildman–Crippen LogP) is 4.34. The maximum atomic E-state index is 6.29. The van der Waals surface area contributed by atoms with Crippen molar-refractivity contribution in [2.75, 3.05) is 7.05 Å². The summed E-state index contributed by atoms with van der Waals surface area (Å²) in [7, 11) is 1.92. The molecular formula is C16H18ClN. The highest BCUT2D eigenvalue weighted by Gasteiger charge is 2.04. The summed E-state index contributed by atoms with van der Waals surface area (Å²) in [6, 6.07) is 12.8. The first-order chi connectivity index (χ1) is 8.61. The van der Waals surface area contributed by atoms with Crippen molar-refractivity contribution in [3.8, 4) is 11.1 Å². The van der Waals surface area contributed by atoms with Gasteiger partial charge in [0.05, 0.1) is 0 Å². The molecule has 0 saturated carbocycles. The molecule has 1 nitrogen and oxygen atoms in total. The van der Waals surface area contributed by atoms with Crippen LogP contribution in [-0.2, 0) is 6.54 Å². The average molecular weight is 260 g/mol. The number of nitrogens with one attached hydrogen (secondary N) is 1. The summed E-state index contributed by atoms with van der Waals surface area (Å²) in [5, 5.41) is 3.94. The quantitative estimate of drug-likeness (QED) is 0.865. The minimum atomic E-state index is 0.798. The Kier molecular flexibility index (Phi) is 4.05. The van der Waals surface area contributed by atoms with Crippen LogP contribution in [0, 0.1) is 13.8 Å². The molecule has 0 radical (unpaired) electrons. The van der Waals surface area contributed by atoms with Gasteiger partial charge in [0.1, 0.15) is 0 Å². The second-order valence-electron chi connectivity index (χ2n) is 4.64. The molecule has 0 aliphatic heterocycles. The molecular weight excluding hydrogens is 242 g/mol. The van der Waals surface area contributed by atoms with Gasteiger partial charge >= 0.3 is 0 Å². The topological polar surface area (TPSA) is 12.0 Å². The number of rotatable bonds is 3. The van der Waals surface area contributed by atoms with Crippen LogP contribution in [0.1, 0.15) is 16.7 Å². The van der Waals surface area contributed by atoms with E-state index < -0.39 is 0 Å². The molecule has 0 atom stereocenters. The zero-order valence-electron chi connectivity index (χ0n) is 11.0. The third-order valence-corrected chi connectivity index (χ3v) is 3.61. The summed E-state index contributed by atoms with van der Waals surface area (Å²) in [6.45, 7) is 5.06. The van der Waals surface area contributed by atoms with Crippen LogP contribution in [-0.4, -0.2) is 7.05 Å². The molecule has 2 aromatic rings. The highest BCUT2D eigenvalue weighted by Crippen LogP contribution is 2.27. The van der Waals surface area contributed by atoms with Crippen molar-refractivity contribution >= 4 is 11.6 Å². The number of aryl methyl sites for hydroxylation is 2. The van der Waals surface area contributed by atoms with Crippen LogP contribution in [0.3, 0.4) is 0 Å². The Balaban J connectivity index is 2.39. The molecule has 0 bridgehead atoms. The molecule has 0 amide bonds. The van der Waals surface area contributed by atoms with Crippen molar-refractivity contribution in [1.29, 1.82) is 0 Å².